The van der Waals surface area contributed by atoms with E-state index in [0.717, 1.165) is 58.0 Å². The molecule has 1 N–H and O–H groups in total. The Bertz CT molecular complexity index is 1000. The number of aromatic nitrogens is 3. The van der Waals surface area contributed by atoms with Crippen LogP contribution in [0.3, 0.4) is 0 Å². The lowest BCUT2D eigenvalue weighted by Gasteiger charge is -2.27. The average Bonchev–Trinajstić information content (AvgIpc) is 3.03. The van der Waals surface area contributed by atoms with Crippen LogP contribution in [-0.4, -0.2) is 46.6 Å². The summed E-state index contributed by atoms with van der Waals surface area (Å²) in [4.78, 5) is 25.4. The molecule has 144 valence electrons. The molecule has 27 heavy (non-hydrogen) atoms. The molecule has 0 radical (unpaired) electrons. The van der Waals surface area contributed by atoms with Crippen molar-refractivity contribution in [2.24, 2.45) is 5.92 Å². The largest absolute Gasteiger partial charge is 0.383 e. The van der Waals surface area contributed by atoms with Gasteiger partial charge in [-0.3, -0.25) is 9.36 Å². The third kappa shape index (κ3) is 3.58. The third-order valence-corrected chi connectivity index (χ3v) is 6.64. The fourth-order valence-corrected chi connectivity index (χ4v) is 4.97. The molecule has 0 spiro atoms. The van der Waals surface area contributed by atoms with Crippen LogP contribution >= 0.6 is 11.3 Å². The number of hydrogen-bond donors (Lipinski definition) is 1. The van der Waals surface area contributed by atoms with Gasteiger partial charge in [-0.15, -0.1) is 11.3 Å². The molecule has 6 nitrogen and oxygen atoms in total. The van der Waals surface area contributed by atoms with Crippen LogP contribution < -0.4 is 10.9 Å². The molecule has 0 bridgehead atoms. The maximum Gasteiger partial charge on any atom is 0.271 e. The summed E-state index contributed by atoms with van der Waals surface area (Å²) in [6.45, 7) is 4.07. The first-order valence-electron chi connectivity index (χ1n) is 9.71. The number of thiophene rings is 1. The number of hydrogen-bond acceptors (Lipinski definition) is 6. The zero-order valence-corrected chi connectivity index (χ0v) is 17.1. The molecule has 0 unspecified atom stereocenters. The van der Waals surface area contributed by atoms with E-state index in [-0.39, 0.29) is 11.6 Å². The van der Waals surface area contributed by atoms with Crippen molar-refractivity contribution in [3.8, 4) is 0 Å². The van der Waals surface area contributed by atoms with Gasteiger partial charge in [-0.25, -0.2) is 9.97 Å². The molecule has 3 aromatic rings. The molecule has 0 aromatic carbocycles. The number of pyridine rings is 1. The summed E-state index contributed by atoms with van der Waals surface area (Å²) in [5.41, 5.74) is 1.87. The number of fused-ring (bicyclic) bond motifs is 3. The minimum absolute atomic E-state index is 0.0850. The summed E-state index contributed by atoms with van der Waals surface area (Å²) in [5, 5.41) is 4.45. The van der Waals surface area contributed by atoms with Gasteiger partial charge in [0.05, 0.1) is 17.2 Å². The summed E-state index contributed by atoms with van der Waals surface area (Å²) in [7, 11) is 4.11. The van der Waals surface area contributed by atoms with E-state index in [1.807, 2.05) is 10.6 Å². The molecule has 1 aliphatic rings. The molecule has 3 aromatic heterocycles. The number of nitrogens with zero attached hydrogens (tertiary/aromatic N) is 4. The van der Waals surface area contributed by atoms with E-state index in [1.165, 1.54) is 24.2 Å². The summed E-state index contributed by atoms with van der Waals surface area (Å²) < 4.78 is 2.59. The summed E-state index contributed by atoms with van der Waals surface area (Å²) in [5.74, 6) is 0.762. The van der Waals surface area contributed by atoms with Crippen molar-refractivity contribution < 1.29 is 0 Å². The van der Waals surface area contributed by atoms with Gasteiger partial charge in [-0.2, -0.15) is 0 Å². The minimum atomic E-state index is 0.0850. The SMILES string of the molecule is CC1CCC(n2cnc3c(sc4nccc(NCCN(C)C)c43)c2=O)CC1. The van der Waals surface area contributed by atoms with Crippen molar-refractivity contribution in [3.63, 3.8) is 0 Å². The Morgan fingerprint density at radius 1 is 1.26 bits per heavy atom. The second-order valence-electron chi connectivity index (χ2n) is 7.92. The third-order valence-electron chi connectivity index (χ3n) is 5.56. The Labute approximate surface area is 163 Å². The van der Waals surface area contributed by atoms with E-state index < -0.39 is 0 Å². The Morgan fingerprint density at radius 3 is 2.78 bits per heavy atom. The van der Waals surface area contributed by atoms with Crippen LogP contribution in [0.15, 0.2) is 23.4 Å². The van der Waals surface area contributed by atoms with Crippen LogP contribution in [0.4, 0.5) is 5.69 Å². The normalized spacial score (nSPS) is 20.6. The molecule has 1 saturated carbocycles. The monoisotopic (exact) mass is 385 g/mol. The van der Waals surface area contributed by atoms with Crippen molar-refractivity contribution in [2.45, 2.75) is 38.6 Å². The van der Waals surface area contributed by atoms with E-state index >= 15 is 0 Å². The van der Waals surface area contributed by atoms with Gasteiger partial charge < -0.3 is 10.2 Å². The van der Waals surface area contributed by atoms with Crippen LogP contribution in [-0.2, 0) is 0 Å². The van der Waals surface area contributed by atoms with E-state index in [2.05, 4.69) is 36.2 Å². The number of anilines is 1. The van der Waals surface area contributed by atoms with Crippen LogP contribution in [0.5, 0.6) is 0 Å². The quantitative estimate of drug-likeness (QED) is 0.725. The first-order chi connectivity index (χ1) is 13.0. The maximum absolute atomic E-state index is 13.2. The molecule has 1 aliphatic carbocycles. The van der Waals surface area contributed by atoms with Crippen LogP contribution in [0.25, 0.3) is 20.4 Å². The van der Waals surface area contributed by atoms with Crippen molar-refractivity contribution in [1.29, 1.82) is 0 Å². The molecule has 0 aliphatic heterocycles. The first kappa shape index (κ1) is 18.4. The van der Waals surface area contributed by atoms with Gasteiger partial charge in [0.25, 0.3) is 5.56 Å². The molecule has 4 rings (SSSR count). The Hall–Kier alpha value is -1.99. The summed E-state index contributed by atoms with van der Waals surface area (Å²) in [6, 6.07) is 2.25. The van der Waals surface area contributed by atoms with Gasteiger partial charge in [0.1, 0.15) is 9.53 Å². The van der Waals surface area contributed by atoms with Crippen LogP contribution in [0, 0.1) is 5.92 Å². The summed E-state index contributed by atoms with van der Waals surface area (Å²) in [6.07, 6.45) is 8.06. The zero-order valence-electron chi connectivity index (χ0n) is 16.2. The highest BCUT2D eigenvalue weighted by Crippen LogP contribution is 2.35. The molecule has 3 heterocycles. The molecule has 0 amide bonds. The Balaban J connectivity index is 1.73. The van der Waals surface area contributed by atoms with E-state index in [1.54, 1.807) is 12.5 Å². The highest BCUT2D eigenvalue weighted by atomic mass is 32.1. The highest BCUT2D eigenvalue weighted by Gasteiger charge is 2.23. The van der Waals surface area contributed by atoms with Crippen LogP contribution in [0.2, 0.25) is 0 Å². The topological polar surface area (TPSA) is 63.1 Å². The summed E-state index contributed by atoms with van der Waals surface area (Å²) >= 11 is 1.46. The molecule has 7 heteroatoms. The molecular formula is C20H27N5OS. The van der Waals surface area contributed by atoms with Crippen molar-refractivity contribution >= 4 is 37.5 Å². The lowest BCUT2D eigenvalue weighted by Crippen LogP contribution is -2.27. The molecule has 1 fully saturated rings. The Morgan fingerprint density at radius 2 is 2.04 bits per heavy atom. The Kier molecular flexibility index (Phi) is 5.14. The lowest BCUT2D eigenvalue weighted by molar-refractivity contribution is 0.284. The van der Waals surface area contributed by atoms with Crippen molar-refractivity contribution in [2.75, 3.05) is 32.5 Å². The number of likely N-dealkylation sites (N-methyl/N-ethyl adjacent to an activating group) is 1. The number of rotatable bonds is 5. The first-order valence-corrected chi connectivity index (χ1v) is 10.5. The van der Waals surface area contributed by atoms with Crippen molar-refractivity contribution in [3.05, 3.63) is 28.9 Å². The highest BCUT2D eigenvalue weighted by molar-refractivity contribution is 7.25. The van der Waals surface area contributed by atoms with Gasteiger partial charge in [0.2, 0.25) is 0 Å². The van der Waals surface area contributed by atoms with E-state index in [4.69, 9.17) is 4.98 Å². The zero-order chi connectivity index (χ0) is 19.0. The maximum atomic E-state index is 13.2. The van der Waals surface area contributed by atoms with E-state index in [0.29, 0.717) is 0 Å². The van der Waals surface area contributed by atoms with Crippen molar-refractivity contribution in [1.82, 2.24) is 19.4 Å². The lowest BCUT2D eigenvalue weighted by atomic mass is 9.87. The van der Waals surface area contributed by atoms with Gasteiger partial charge in [0.15, 0.2) is 0 Å². The second kappa shape index (κ2) is 7.56. The standard InChI is InChI=1S/C20H27N5OS/c1-13-4-6-14(7-5-13)25-12-23-17-16-15(21-10-11-24(2)3)8-9-22-19(16)27-18(17)20(25)26/h8-9,12-14H,4-7,10-11H2,1-3H3,(H,21,22). The van der Waals surface area contributed by atoms with Gasteiger partial charge in [-0.1, -0.05) is 6.92 Å². The molecule has 0 saturated heterocycles. The second-order valence-corrected chi connectivity index (χ2v) is 8.92. The number of nitrogens with one attached hydrogen (secondary N) is 1. The van der Waals surface area contributed by atoms with Gasteiger partial charge in [-0.05, 0) is 51.8 Å². The fourth-order valence-electron chi connectivity index (χ4n) is 3.91. The molecule has 0 atom stereocenters. The van der Waals surface area contributed by atoms with Gasteiger partial charge in [0, 0.05) is 31.0 Å². The molecular weight excluding hydrogens is 358 g/mol. The fraction of sp³-hybridized carbons (Fsp3) is 0.550. The average molecular weight is 386 g/mol. The smallest absolute Gasteiger partial charge is 0.271 e. The predicted octanol–water partition coefficient (Wildman–Crippen LogP) is 3.73. The predicted molar refractivity (Wildman–Crippen MR) is 113 cm³/mol. The van der Waals surface area contributed by atoms with E-state index in [9.17, 15) is 4.79 Å². The van der Waals surface area contributed by atoms with Crippen LogP contribution in [0.1, 0.15) is 38.6 Å². The minimum Gasteiger partial charge on any atom is -0.383 e. The van der Waals surface area contributed by atoms with Gasteiger partial charge >= 0.3 is 0 Å².